The van der Waals surface area contributed by atoms with Gasteiger partial charge < -0.3 is 15.5 Å². The third-order valence-corrected chi connectivity index (χ3v) is 3.07. The zero-order valence-electron chi connectivity index (χ0n) is 12.2. The predicted molar refractivity (Wildman–Crippen MR) is 80.5 cm³/mol. The van der Waals surface area contributed by atoms with Gasteiger partial charge in [-0.25, -0.2) is 0 Å². The smallest absolute Gasteiger partial charge is 0.313 e. The molecule has 0 unspecified atom stereocenters. The van der Waals surface area contributed by atoms with E-state index in [0.29, 0.717) is 12.2 Å². The summed E-state index contributed by atoms with van der Waals surface area (Å²) in [4.78, 5) is 25.5. The summed E-state index contributed by atoms with van der Waals surface area (Å²) in [6.45, 7) is 7.65. The number of amides is 2. The van der Waals surface area contributed by atoms with Crippen molar-refractivity contribution in [1.82, 2.24) is 10.2 Å². The van der Waals surface area contributed by atoms with Crippen LogP contribution in [0.3, 0.4) is 0 Å². The van der Waals surface area contributed by atoms with E-state index in [0.717, 1.165) is 26.1 Å². The lowest BCUT2D eigenvalue weighted by atomic mass is 10.3. The van der Waals surface area contributed by atoms with Gasteiger partial charge in [-0.3, -0.25) is 9.59 Å². The van der Waals surface area contributed by atoms with Gasteiger partial charge in [-0.15, -0.1) is 0 Å². The summed E-state index contributed by atoms with van der Waals surface area (Å²) >= 11 is 0. The van der Waals surface area contributed by atoms with E-state index in [9.17, 15) is 9.59 Å². The molecule has 0 aromatic heterocycles. The van der Waals surface area contributed by atoms with Crippen molar-refractivity contribution in [2.75, 3.05) is 31.5 Å². The number of carbonyl (C=O) groups excluding carboxylic acids is 2. The third kappa shape index (κ3) is 5.84. The average Bonchev–Trinajstić information content (AvgIpc) is 2.48. The van der Waals surface area contributed by atoms with Crippen molar-refractivity contribution in [2.45, 2.75) is 20.3 Å². The van der Waals surface area contributed by atoms with Crippen molar-refractivity contribution in [3.8, 4) is 0 Å². The summed E-state index contributed by atoms with van der Waals surface area (Å²) in [5, 5.41) is 5.18. The number of rotatable bonds is 7. The molecule has 0 aliphatic rings. The Morgan fingerprint density at radius 1 is 1.05 bits per heavy atom. The van der Waals surface area contributed by atoms with E-state index < -0.39 is 11.8 Å². The van der Waals surface area contributed by atoms with Crippen LogP contribution in [0, 0.1) is 0 Å². The molecule has 5 nitrogen and oxygen atoms in total. The Kier molecular flexibility index (Phi) is 7.35. The Hall–Kier alpha value is -1.88. The highest BCUT2D eigenvalue weighted by Gasteiger charge is 2.12. The van der Waals surface area contributed by atoms with E-state index in [2.05, 4.69) is 29.4 Å². The second-order valence-electron chi connectivity index (χ2n) is 4.46. The number of nitrogens with zero attached hydrogens (tertiary/aromatic N) is 1. The summed E-state index contributed by atoms with van der Waals surface area (Å²) < 4.78 is 0. The molecular formula is C15H23N3O2. The van der Waals surface area contributed by atoms with Crippen LogP contribution < -0.4 is 10.6 Å². The van der Waals surface area contributed by atoms with E-state index >= 15 is 0 Å². The molecule has 0 heterocycles. The summed E-state index contributed by atoms with van der Waals surface area (Å²) in [6, 6.07) is 8.94. The Bertz CT molecular complexity index is 416. The first kappa shape index (κ1) is 16.2. The van der Waals surface area contributed by atoms with Crippen LogP contribution in [0.1, 0.15) is 20.3 Å². The van der Waals surface area contributed by atoms with E-state index in [1.807, 2.05) is 6.07 Å². The lowest BCUT2D eigenvalue weighted by molar-refractivity contribution is -0.136. The molecule has 2 N–H and O–H groups in total. The highest BCUT2D eigenvalue weighted by molar-refractivity contribution is 6.39. The molecule has 0 aliphatic heterocycles. The zero-order valence-corrected chi connectivity index (χ0v) is 12.2. The normalized spacial score (nSPS) is 10.3. The first-order chi connectivity index (χ1) is 9.67. The molecule has 0 aliphatic carbocycles. The third-order valence-electron chi connectivity index (χ3n) is 3.07. The van der Waals surface area contributed by atoms with Gasteiger partial charge >= 0.3 is 11.8 Å². The summed E-state index contributed by atoms with van der Waals surface area (Å²) in [7, 11) is 0. The van der Waals surface area contributed by atoms with Crippen molar-refractivity contribution in [1.29, 1.82) is 0 Å². The first-order valence-corrected chi connectivity index (χ1v) is 7.04. The maximum atomic E-state index is 11.6. The fourth-order valence-corrected chi connectivity index (χ4v) is 1.83. The first-order valence-electron chi connectivity index (χ1n) is 7.04. The van der Waals surface area contributed by atoms with Crippen LogP contribution in [0.4, 0.5) is 5.69 Å². The summed E-state index contributed by atoms with van der Waals surface area (Å²) in [6.07, 6.45) is 0.839. The predicted octanol–water partition coefficient (Wildman–Crippen LogP) is 1.47. The highest BCUT2D eigenvalue weighted by Crippen LogP contribution is 2.04. The molecule has 0 atom stereocenters. The van der Waals surface area contributed by atoms with Crippen LogP contribution in [0.25, 0.3) is 0 Å². The van der Waals surface area contributed by atoms with Gasteiger partial charge in [0.25, 0.3) is 0 Å². The van der Waals surface area contributed by atoms with Crippen LogP contribution in [0.15, 0.2) is 30.3 Å². The number of carbonyl (C=O) groups is 2. The standard InChI is InChI=1S/C15H23N3O2/c1-3-18(4-2)12-8-11-16-14(19)15(20)17-13-9-6-5-7-10-13/h5-7,9-10H,3-4,8,11-12H2,1-2H3,(H,16,19)(H,17,20). The van der Waals surface area contributed by atoms with Crippen LogP contribution in [0.2, 0.25) is 0 Å². The van der Waals surface area contributed by atoms with Crippen LogP contribution in [-0.4, -0.2) is 42.9 Å². The Morgan fingerprint density at radius 2 is 1.70 bits per heavy atom. The molecule has 0 radical (unpaired) electrons. The topological polar surface area (TPSA) is 61.4 Å². The minimum atomic E-state index is -0.626. The van der Waals surface area contributed by atoms with Crippen LogP contribution in [0.5, 0.6) is 0 Å². The monoisotopic (exact) mass is 277 g/mol. The summed E-state index contributed by atoms with van der Waals surface area (Å²) in [5.74, 6) is -1.22. The number of hydrogen-bond acceptors (Lipinski definition) is 3. The number of nitrogens with one attached hydrogen (secondary N) is 2. The van der Waals surface area contributed by atoms with Gasteiger partial charge in [0, 0.05) is 12.2 Å². The SMILES string of the molecule is CCN(CC)CCCNC(=O)C(=O)Nc1ccccc1. The maximum Gasteiger partial charge on any atom is 0.313 e. The average molecular weight is 277 g/mol. The van der Waals surface area contributed by atoms with Gasteiger partial charge in [0.15, 0.2) is 0 Å². The van der Waals surface area contributed by atoms with Gasteiger partial charge in [0.05, 0.1) is 0 Å². The molecule has 0 bridgehead atoms. The van der Waals surface area contributed by atoms with E-state index in [1.54, 1.807) is 24.3 Å². The quantitative estimate of drug-likeness (QED) is 0.586. The van der Waals surface area contributed by atoms with E-state index in [-0.39, 0.29) is 0 Å². The Balaban J connectivity index is 2.24. The van der Waals surface area contributed by atoms with Gasteiger partial charge in [-0.05, 0) is 38.2 Å². The van der Waals surface area contributed by atoms with E-state index in [1.165, 1.54) is 0 Å². The summed E-state index contributed by atoms with van der Waals surface area (Å²) in [5.41, 5.74) is 0.621. The second kappa shape index (κ2) is 9.09. The largest absolute Gasteiger partial charge is 0.348 e. The van der Waals surface area contributed by atoms with Crippen molar-refractivity contribution >= 4 is 17.5 Å². The molecule has 110 valence electrons. The molecule has 1 aromatic carbocycles. The highest BCUT2D eigenvalue weighted by atomic mass is 16.2. The zero-order chi connectivity index (χ0) is 14.8. The lowest BCUT2D eigenvalue weighted by Gasteiger charge is -2.17. The molecule has 1 aromatic rings. The van der Waals surface area contributed by atoms with Crippen LogP contribution >= 0.6 is 0 Å². The molecule has 0 saturated carbocycles. The van der Waals surface area contributed by atoms with Crippen molar-refractivity contribution in [2.24, 2.45) is 0 Å². The molecule has 20 heavy (non-hydrogen) atoms. The molecule has 2 amide bonds. The molecule has 1 rings (SSSR count). The maximum absolute atomic E-state index is 11.6. The van der Waals surface area contributed by atoms with Crippen molar-refractivity contribution in [3.63, 3.8) is 0 Å². The van der Waals surface area contributed by atoms with Gasteiger partial charge in [0.1, 0.15) is 0 Å². The van der Waals surface area contributed by atoms with E-state index in [4.69, 9.17) is 0 Å². The molecular weight excluding hydrogens is 254 g/mol. The van der Waals surface area contributed by atoms with Gasteiger partial charge in [-0.1, -0.05) is 32.0 Å². The molecule has 0 saturated heterocycles. The fourth-order valence-electron chi connectivity index (χ4n) is 1.83. The van der Waals surface area contributed by atoms with Gasteiger partial charge in [0.2, 0.25) is 0 Å². The second-order valence-corrected chi connectivity index (χ2v) is 4.46. The Labute approximate surface area is 120 Å². The lowest BCUT2D eigenvalue weighted by Crippen LogP contribution is -2.37. The number of para-hydroxylation sites is 1. The van der Waals surface area contributed by atoms with Gasteiger partial charge in [-0.2, -0.15) is 0 Å². The number of anilines is 1. The minimum Gasteiger partial charge on any atom is -0.348 e. The van der Waals surface area contributed by atoms with Crippen molar-refractivity contribution in [3.05, 3.63) is 30.3 Å². The molecule has 0 spiro atoms. The number of hydrogen-bond donors (Lipinski definition) is 2. The number of benzene rings is 1. The Morgan fingerprint density at radius 3 is 2.30 bits per heavy atom. The molecule has 5 heteroatoms. The van der Waals surface area contributed by atoms with Crippen molar-refractivity contribution < 1.29 is 9.59 Å². The van der Waals surface area contributed by atoms with Crippen LogP contribution in [-0.2, 0) is 9.59 Å². The fraction of sp³-hybridized carbons (Fsp3) is 0.467. The molecule has 0 fully saturated rings. The minimum absolute atomic E-state index is 0.511.